The molecule has 0 saturated heterocycles. The summed E-state index contributed by atoms with van der Waals surface area (Å²) >= 11 is 7.15. The highest BCUT2D eigenvalue weighted by atomic mass is 35.5. The van der Waals surface area contributed by atoms with E-state index in [0.29, 0.717) is 27.7 Å². The van der Waals surface area contributed by atoms with Gasteiger partial charge >= 0.3 is 11.9 Å². The zero-order valence-electron chi connectivity index (χ0n) is 31.6. The monoisotopic (exact) mass is 849 g/mol. The molecular formula is C38H40ClN9O10S. The molecule has 21 heteroatoms. The minimum Gasteiger partial charge on any atom is -0.490 e. The number of ether oxygens (including phenoxy) is 3. The number of esters is 2. The summed E-state index contributed by atoms with van der Waals surface area (Å²) in [5.41, 5.74) is 18.8. The zero-order chi connectivity index (χ0) is 43.2. The van der Waals surface area contributed by atoms with E-state index in [0.717, 1.165) is 0 Å². The summed E-state index contributed by atoms with van der Waals surface area (Å²) < 4.78 is 22.2. The van der Waals surface area contributed by atoms with E-state index < -0.39 is 80.5 Å². The number of thioether (sulfide) groups is 1. The number of nitrogens with two attached hydrogens (primary N) is 3. The molecule has 19 nitrogen and oxygen atoms in total. The number of rotatable bonds is 19. The first-order valence-corrected chi connectivity index (χ1v) is 19.0. The van der Waals surface area contributed by atoms with Crippen LogP contribution in [-0.2, 0) is 34.4 Å². The molecule has 4 aromatic rings. The van der Waals surface area contributed by atoms with Crippen LogP contribution in [-0.4, -0.2) is 101 Å². The predicted molar refractivity (Wildman–Crippen MR) is 212 cm³/mol. The van der Waals surface area contributed by atoms with Crippen molar-refractivity contribution < 1.29 is 48.0 Å². The molecule has 0 aliphatic carbocycles. The molecule has 0 aliphatic heterocycles. The van der Waals surface area contributed by atoms with Crippen LogP contribution in [0.1, 0.15) is 30.7 Å². The summed E-state index contributed by atoms with van der Waals surface area (Å²) in [5, 5.41) is 45.8. The molecule has 10 N–H and O–H groups in total. The molecule has 4 rings (SSSR count). The van der Waals surface area contributed by atoms with Crippen molar-refractivity contribution in [3.63, 3.8) is 0 Å². The molecule has 0 saturated carbocycles. The van der Waals surface area contributed by atoms with Gasteiger partial charge in [-0.15, -0.1) is 0 Å². The third kappa shape index (κ3) is 12.4. The fraction of sp³-hybridized carbons (Fsp3) is 0.316. The fourth-order valence-electron chi connectivity index (χ4n) is 5.18. The van der Waals surface area contributed by atoms with Gasteiger partial charge < -0.3 is 56.7 Å². The van der Waals surface area contributed by atoms with E-state index in [2.05, 4.69) is 26.7 Å². The summed E-state index contributed by atoms with van der Waals surface area (Å²) in [7, 11) is 0. The lowest BCUT2D eigenvalue weighted by atomic mass is 9.97. The topological polar surface area (TPSA) is 325 Å². The molecule has 2 heterocycles. The average Bonchev–Trinajstić information content (AvgIpc) is 3.70. The summed E-state index contributed by atoms with van der Waals surface area (Å²) in [6, 6.07) is 14.1. The third-order valence-electron chi connectivity index (χ3n) is 8.16. The number of hydrogen-bond donors (Lipinski definition) is 7. The second-order valence-electron chi connectivity index (χ2n) is 12.6. The highest BCUT2D eigenvalue weighted by molar-refractivity contribution is 7.98. The smallest absolute Gasteiger partial charge is 0.331 e. The van der Waals surface area contributed by atoms with Crippen LogP contribution in [0.5, 0.6) is 5.75 Å². The highest BCUT2D eigenvalue weighted by Crippen LogP contribution is 2.37. The molecule has 0 aliphatic rings. The Bertz CT molecular complexity index is 2210. The molecule has 0 spiro atoms. The molecule has 0 bridgehead atoms. The molecule has 59 heavy (non-hydrogen) atoms. The second-order valence-corrected chi connectivity index (χ2v) is 14.0. The van der Waals surface area contributed by atoms with E-state index in [1.54, 1.807) is 36.4 Å². The normalized spacial score (nSPS) is 13.4. The van der Waals surface area contributed by atoms with Crippen LogP contribution in [0, 0.1) is 22.7 Å². The van der Waals surface area contributed by atoms with E-state index in [1.165, 1.54) is 44.0 Å². The van der Waals surface area contributed by atoms with Crippen molar-refractivity contribution in [2.75, 3.05) is 32.0 Å². The van der Waals surface area contributed by atoms with Gasteiger partial charge in [0, 0.05) is 21.9 Å². The average molecular weight is 850 g/mol. The minimum atomic E-state index is -1.56. The number of pyridine rings is 1. The number of aromatic nitrogens is 2. The van der Waals surface area contributed by atoms with Crippen molar-refractivity contribution in [2.45, 2.75) is 55.0 Å². The number of anilines is 1. The molecule has 2 aromatic heterocycles. The lowest BCUT2D eigenvalue weighted by Crippen LogP contribution is -2.52. The third-order valence-corrected chi connectivity index (χ3v) is 9.43. The lowest BCUT2D eigenvalue weighted by molar-refractivity contribution is -0.167. The molecule has 0 fully saturated rings. The molecule has 0 radical (unpaired) electrons. The van der Waals surface area contributed by atoms with Crippen molar-refractivity contribution in [2.24, 2.45) is 11.5 Å². The Balaban J connectivity index is 1.54. The molecule has 310 valence electrons. The minimum absolute atomic E-state index is 0.0348. The van der Waals surface area contributed by atoms with Crippen molar-refractivity contribution in [1.82, 2.24) is 20.6 Å². The number of nitrogens with one attached hydrogen (secondary N) is 2. The lowest BCUT2D eigenvalue weighted by Gasteiger charge is -2.25. The van der Waals surface area contributed by atoms with Gasteiger partial charge in [-0.1, -0.05) is 35.5 Å². The Morgan fingerprint density at radius 2 is 1.44 bits per heavy atom. The number of nitriles is 2. The molecule has 2 aromatic carbocycles. The molecular weight excluding hydrogens is 810 g/mol. The number of halogens is 1. The number of oxazole rings is 1. The van der Waals surface area contributed by atoms with Gasteiger partial charge in [-0.25, -0.2) is 19.6 Å². The number of benzene rings is 2. The highest BCUT2D eigenvalue weighted by Gasteiger charge is 2.32. The van der Waals surface area contributed by atoms with Gasteiger partial charge in [-0.3, -0.25) is 9.59 Å². The molecule has 2 amide bonds. The second kappa shape index (κ2) is 21.5. The van der Waals surface area contributed by atoms with Gasteiger partial charge in [-0.2, -0.15) is 10.5 Å². The SMILES string of the molecule is CC(O)C(NC(=O)CN)C(=O)O[C@H](COC(=O)[C@@H](NC(=O)CN)[C@@H](C)O)COc1ccc(-c2c(C#N)c(N)nc(SCc3coc(-c4ccc(Cl)cc4)n3)c2C#N)cc1. The van der Waals surface area contributed by atoms with E-state index in [-0.39, 0.29) is 39.0 Å². The Labute approximate surface area is 346 Å². The van der Waals surface area contributed by atoms with Crippen LogP contribution in [0.15, 0.2) is 64.2 Å². The fourth-order valence-corrected chi connectivity index (χ4v) is 6.17. The van der Waals surface area contributed by atoms with Gasteiger partial charge in [0.25, 0.3) is 0 Å². The van der Waals surface area contributed by atoms with Crippen LogP contribution in [0.4, 0.5) is 5.82 Å². The van der Waals surface area contributed by atoms with Gasteiger partial charge in [0.1, 0.15) is 53.8 Å². The quantitative estimate of drug-likeness (QED) is 0.0514. The van der Waals surface area contributed by atoms with Crippen molar-refractivity contribution >= 4 is 52.9 Å². The number of carbonyl (C=O) groups is 4. The first-order valence-electron chi connectivity index (χ1n) is 17.6. The Morgan fingerprint density at radius 3 is 2.00 bits per heavy atom. The van der Waals surface area contributed by atoms with E-state index in [9.17, 15) is 39.9 Å². The maximum Gasteiger partial charge on any atom is 0.331 e. The van der Waals surface area contributed by atoms with E-state index >= 15 is 0 Å². The summed E-state index contributed by atoms with van der Waals surface area (Å²) in [4.78, 5) is 58.5. The van der Waals surface area contributed by atoms with E-state index in [4.69, 9.17) is 47.4 Å². The molecule has 2 unspecified atom stereocenters. The van der Waals surface area contributed by atoms with Crippen LogP contribution in [0.25, 0.3) is 22.6 Å². The Morgan fingerprint density at radius 1 is 0.864 bits per heavy atom. The number of nitrogens with zero attached hydrogens (tertiary/aromatic N) is 4. The summed E-state index contributed by atoms with van der Waals surface area (Å²) in [6.45, 7) is 0.386. The van der Waals surface area contributed by atoms with Crippen LogP contribution in [0.2, 0.25) is 5.02 Å². The number of hydrogen-bond acceptors (Lipinski definition) is 18. The van der Waals surface area contributed by atoms with E-state index in [1.807, 2.05) is 6.07 Å². The molecule has 5 atom stereocenters. The number of amides is 2. The maximum atomic E-state index is 13.1. The summed E-state index contributed by atoms with van der Waals surface area (Å²) in [5.74, 6) is -3.01. The Kier molecular flexibility index (Phi) is 16.5. The number of carbonyl (C=O) groups excluding carboxylic acids is 4. The van der Waals surface area contributed by atoms with Crippen LogP contribution >= 0.6 is 23.4 Å². The van der Waals surface area contributed by atoms with Gasteiger partial charge in [-0.05, 0) is 55.8 Å². The van der Waals surface area contributed by atoms with Gasteiger partial charge in [0.05, 0.1) is 36.6 Å². The maximum absolute atomic E-state index is 13.1. The van der Waals surface area contributed by atoms with Gasteiger partial charge in [0.2, 0.25) is 17.7 Å². The summed E-state index contributed by atoms with van der Waals surface area (Å²) in [6.07, 6.45) is -2.71. The largest absolute Gasteiger partial charge is 0.490 e. The first-order chi connectivity index (χ1) is 28.2. The number of aliphatic hydroxyl groups is 2. The van der Waals surface area contributed by atoms with Crippen molar-refractivity contribution in [3.8, 4) is 40.5 Å². The van der Waals surface area contributed by atoms with Crippen LogP contribution < -0.4 is 32.6 Å². The predicted octanol–water partition coefficient (Wildman–Crippen LogP) is 1.16. The van der Waals surface area contributed by atoms with Crippen molar-refractivity contribution in [3.05, 3.63) is 76.6 Å². The zero-order valence-corrected chi connectivity index (χ0v) is 33.2. The standard InChI is InChI=1S/C38H40ClN9O10S/c1-19(49)32(46-29(51)13-42)37(53)57-17-26(58-38(54)33(20(2)50)47-30(52)14-43)16-55-25-9-5-21(6-10-25)31-27(11-40)34(44)48-36(28(31)12-41)59-18-24-15-56-35(45-24)22-3-7-23(39)8-4-22/h3-10,15,19-20,26,32-33,49-50H,13-14,16-18,42-43H2,1-2H3,(H2,44,48)(H,46,51)(H,47,52)/t19-,20?,26+,32+,33?/m1/s1. The Hall–Kier alpha value is -6.26. The number of nitrogen functional groups attached to an aromatic ring is 1. The first kappa shape index (κ1) is 45.4. The van der Waals surface area contributed by atoms with Gasteiger partial charge in [0.15, 0.2) is 18.2 Å². The van der Waals surface area contributed by atoms with Crippen molar-refractivity contribution in [1.29, 1.82) is 10.5 Å². The van der Waals surface area contributed by atoms with Crippen LogP contribution in [0.3, 0.4) is 0 Å². The number of aliphatic hydroxyl groups excluding tert-OH is 2.